The first-order valence-electron chi connectivity index (χ1n) is 8.91. The van der Waals surface area contributed by atoms with Crippen LogP contribution in [0.1, 0.15) is 26.2 Å². The maximum absolute atomic E-state index is 13.3. The third-order valence-corrected chi connectivity index (χ3v) is 8.06. The van der Waals surface area contributed by atoms with E-state index in [1.807, 2.05) is 23.5 Å². The van der Waals surface area contributed by atoms with Crippen LogP contribution in [0.2, 0.25) is 0 Å². The molecule has 0 saturated carbocycles. The number of likely N-dealkylation sites (N-methyl/N-ethyl adjacent to an activating group) is 1. The summed E-state index contributed by atoms with van der Waals surface area (Å²) in [4.78, 5) is 4.37. The molecule has 1 aliphatic rings. The number of fused-ring (bicyclic) bond motifs is 1. The highest BCUT2D eigenvalue weighted by atomic mass is 79.9. The molecule has 0 fully saturated rings. The molecule has 2 aromatic rings. The minimum Gasteiger partial charge on any atom is -0.339 e. The number of hydrogen-bond donors (Lipinski definition) is 0. The van der Waals surface area contributed by atoms with Crippen LogP contribution in [-0.2, 0) is 11.0 Å². The van der Waals surface area contributed by atoms with Crippen molar-refractivity contribution in [2.24, 2.45) is 0 Å². The van der Waals surface area contributed by atoms with Gasteiger partial charge in [0.25, 0.3) is 0 Å². The standard InChI is InChI=1S/C20H25BrN2OS2/c1-4-5-9-16-14-23(15-10-7-6-8-11-15)18-13-19(25-3)17(21)12-20(18)26(24)22(16)2/h6-8,10-13,16H,4-5,9,14H2,1-3H3. The molecule has 2 unspecified atom stereocenters. The van der Waals surface area contributed by atoms with Crippen LogP contribution in [0.25, 0.3) is 0 Å². The lowest BCUT2D eigenvalue weighted by molar-refractivity contribution is 0.369. The molecule has 0 saturated heterocycles. The highest BCUT2D eigenvalue weighted by molar-refractivity contribution is 9.10. The van der Waals surface area contributed by atoms with Crippen LogP contribution in [-0.4, -0.2) is 34.4 Å². The maximum atomic E-state index is 13.3. The van der Waals surface area contributed by atoms with E-state index in [1.54, 1.807) is 11.8 Å². The molecule has 2 aromatic carbocycles. The second kappa shape index (κ2) is 8.91. The van der Waals surface area contributed by atoms with Crippen LogP contribution >= 0.6 is 27.7 Å². The summed E-state index contributed by atoms with van der Waals surface area (Å²) in [5.74, 6) is 0. The highest BCUT2D eigenvalue weighted by Crippen LogP contribution is 2.41. The number of anilines is 2. The van der Waals surface area contributed by atoms with Gasteiger partial charge in [0.15, 0.2) is 0 Å². The zero-order valence-corrected chi connectivity index (χ0v) is 18.7. The summed E-state index contributed by atoms with van der Waals surface area (Å²) in [6.45, 7) is 3.05. The van der Waals surface area contributed by atoms with Crippen molar-refractivity contribution in [2.45, 2.75) is 42.0 Å². The molecule has 1 aliphatic heterocycles. The van der Waals surface area contributed by atoms with Gasteiger partial charge in [-0.1, -0.05) is 38.0 Å². The van der Waals surface area contributed by atoms with E-state index in [9.17, 15) is 4.21 Å². The molecule has 6 heteroatoms. The summed E-state index contributed by atoms with van der Waals surface area (Å²) in [5, 5.41) is 0. The molecule has 26 heavy (non-hydrogen) atoms. The normalized spacial score (nSPS) is 20.7. The smallest absolute Gasteiger partial charge is 0.129 e. The molecule has 140 valence electrons. The van der Waals surface area contributed by atoms with Crippen LogP contribution in [0.15, 0.2) is 56.7 Å². The van der Waals surface area contributed by atoms with E-state index >= 15 is 0 Å². The van der Waals surface area contributed by atoms with Gasteiger partial charge in [-0.05, 0) is 52.9 Å². The topological polar surface area (TPSA) is 23.6 Å². The Kier molecular flexibility index (Phi) is 6.83. The number of nitrogens with zero attached hydrogens (tertiary/aromatic N) is 2. The molecule has 0 bridgehead atoms. The number of rotatable bonds is 5. The maximum Gasteiger partial charge on any atom is 0.129 e. The van der Waals surface area contributed by atoms with E-state index in [0.717, 1.165) is 51.4 Å². The summed E-state index contributed by atoms with van der Waals surface area (Å²) in [5.41, 5.74) is 2.20. The Balaban J connectivity index is 2.14. The number of halogens is 1. The van der Waals surface area contributed by atoms with Gasteiger partial charge in [0.1, 0.15) is 11.0 Å². The second-order valence-corrected chi connectivity index (χ2v) is 9.71. The molecule has 2 atom stereocenters. The SMILES string of the molecule is CCCCC1CN(c2ccccc2)c2cc(SC)c(Br)cc2S(=O)N1C. The average molecular weight is 453 g/mol. The van der Waals surface area contributed by atoms with Gasteiger partial charge < -0.3 is 4.90 Å². The monoisotopic (exact) mass is 452 g/mol. The van der Waals surface area contributed by atoms with Gasteiger partial charge in [0.2, 0.25) is 0 Å². The Morgan fingerprint density at radius 2 is 2.00 bits per heavy atom. The van der Waals surface area contributed by atoms with Crippen molar-refractivity contribution in [3.8, 4) is 0 Å². The summed E-state index contributed by atoms with van der Waals surface area (Å²) < 4.78 is 16.4. The Labute approximate surface area is 171 Å². The van der Waals surface area contributed by atoms with Gasteiger partial charge in [-0.25, -0.2) is 8.51 Å². The van der Waals surface area contributed by atoms with E-state index in [-0.39, 0.29) is 6.04 Å². The molecule has 1 heterocycles. The van der Waals surface area contributed by atoms with Gasteiger partial charge in [-0.2, -0.15) is 0 Å². The zero-order chi connectivity index (χ0) is 18.7. The summed E-state index contributed by atoms with van der Waals surface area (Å²) in [6, 6.07) is 14.9. The minimum absolute atomic E-state index is 0.250. The first-order valence-corrected chi connectivity index (χ1v) is 12.0. The number of benzene rings is 2. The quantitative estimate of drug-likeness (QED) is 0.532. The fourth-order valence-corrected chi connectivity index (χ4v) is 6.10. The number of hydrogen-bond acceptors (Lipinski definition) is 3. The van der Waals surface area contributed by atoms with Crippen molar-refractivity contribution in [3.63, 3.8) is 0 Å². The molecule has 3 nitrogen and oxygen atoms in total. The zero-order valence-electron chi connectivity index (χ0n) is 15.4. The van der Waals surface area contributed by atoms with Gasteiger partial charge in [-0.3, -0.25) is 0 Å². The molecule has 3 rings (SSSR count). The van der Waals surface area contributed by atoms with E-state index < -0.39 is 11.0 Å². The van der Waals surface area contributed by atoms with Gasteiger partial charge in [0, 0.05) is 34.7 Å². The molecule has 0 spiro atoms. The first-order chi connectivity index (χ1) is 12.6. The molecule has 0 radical (unpaired) electrons. The Morgan fingerprint density at radius 1 is 1.27 bits per heavy atom. The van der Waals surface area contributed by atoms with Crippen molar-refractivity contribution < 1.29 is 4.21 Å². The predicted molar refractivity (Wildman–Crippen MR) is 117 cm³/mol. The second-order valence-electron chi connectivity index (χ2n) is 6.49. The lowest BCUT2D eigenvalue weighted by atomic mass is 10.1. The molecular weight excluding hydrogens is 428 g/mol. The van der Waals surface area contributed by atoms with E-state index in [1.165, 1.54) is 0 Å². The van der Waals surface area contributed by atoms with Crippen LogP contribution in [0.4, 0.5) is 11.4 Å². The first kappa shape index (κ1) is 19.9. The fourth-order valence-electron chi connectivity index (χ4n) is 3.31. The van der Waals surface area contributed by atoms with Crippen molar-refractivity contribution >= 4 is 50.1 Å². The Bertz CT molecular complexity index is 785. The summed E-state index contributed by atoms with van der Waals surface area (Å²) in [6.07, 6.45) is 5.41. The van der Waals surface area contributed by atoms with Gasteiger partial charge in [0.05, 0.1) is 10.6 Å². The highest BCUT2D eigenvalue weighted by Gasteiger charge is 2.32. The minimum atomic E-state index is -1.17. The van der Waals surface area contributed by atoms with Crippen LogP contribution in [0.3, 0.4) is 0 Å². The Morgan fingerprint density at radius 3 is 2.65 bits per heavy atom. The van der Waals surface area contributed by atoms with E-state index in [0.29, 0.717) is 0 Å². The fraction of sp³-hybridized carbons (Fsp3) is 0.400. The van der Waals surface area contributed by atoms with Crippen molar-refractivity contribution in [2.75, 3.05) is 24.7 Å². The van der Waals surface area contributed by atoms with Crippen LogP contribution in [0.5, 0.6) is 0 Å². The Hall–Kier alpha value is -0.820. The molecule has 0 aromatic heterocycles. The van der Waals surface area contributed by atoms with Gasteiger partial charge >= 0.3 is 0 Å². The van der Waals surface area contributed by atoms with Crippen LogP contribution in [0, 0.1) is 0 Å². The molecule has 0 N–H and O–H groups in total. The van der Waals surface area contributed by atoms with Crippen molar-refractivity contribution in [3.05, 3.63) is 46.9 Å². The van der Waals surface area contributed by atoms with Crippen molar-refractivity contribution in [1.29, 1.82) is 0 Å². The molecular formula is C20H25BrN2OS2. The largest absolute Gasteiger partial charge is 0.339 e. The van der Waals surface area contributed by atoms with Crippen molar-refractivity contribution in [1.82, 2.24) is 4.31 Å². The lowest BCUT2D eigenvalue weighted by Gasteiger charge is -2.29. The van der Waals surface area contributed by atoms with E-state index in [2.05, 4.69) is 64.3 Å². The summed E-state index contributed by atoms with van der Waals surface area (Å²) in [7, 11) is 0.818. The summed E-state index contributed by atoms with van der Waals surface area (Å²) >= 11 is 5.35. The number of thioether (sulfide) groups is 1. The average Bonchev–Trinajstić information content (AvgIpc) is 2.76. The third-order valence-electron chi connectivity index (χ3n) is 4.84. The number of para-hydroxylation sites is 1. The van der Waals surface area contributed by atoms with E-state index in [4.69, 9.17) is 0 Å². The number of unbranched alkanes of at least 4 members (excludes halogenated alkanes) is 1. The molecule has 0 aliphatic carbocycles. The third kappa shape index (κ3) is 4.03. The van der Waals surface area contributed by atoms with Crippen LogP contribution < -0.4 is 4.90 Å². The molecule has 0 amide bonds. The predicted octanol–water partition coefficient (Wildman–Crippen LogP) is 5.84. The lowest BCUT2D eigenvalue weighted by Crippen LogP contribution is -2.38. The van der Waals surface area contributed by atoms with Gasteiger partial charge in [-0.15, -0.1) is 11.8 Å².